The monoisotopic (exact) mass is 323 g/mol. The fraction of sp³-hybridized carbons (Fsp3) is 0.211. The minimum atomic E-state index is -0.890. The molecule has 1 N–H and O–H groups in total. The number of amides is 1. The fourth-order valence-corrected chi connectivity index (χ4v) is 2.93. The van der Waals surface area contributed by atoms with E-state index < -0.39 is 11.9 Å². The van der Waals surface area contributed by atoms with Crippen molar-refractivity contribution in [1.82, 2.24) is 4.90 Å². The molecule has 1 atom stereocenters. The van der Waals surface area contributed by atoms with Crippen LogP contribution in [-0.2, 0) is 4.79 Å². The Bertz CT molecular complexity index is 785. The van der Waals surface area contributed by atoms with Gasteiger partial charge in [0.2, 0.25) is 0 Å². The number of nitrogens with zero attached hydrogens (tertiary/aromatic N) is 1. The lowest BCUT2D eigenvalue weighted by atomic mass is 9.97. The maximum atomic E-state index is 12.8. The first-order valence-electron chi connectivity index (χ1n) is 7.79. The van der Waals surface area contributed by atoms with Gasteiger partial charge in [0.05, 0.1) is 11.5 Å². The van der Waals surface area contributed by atoms with Gasteiger partial charge in [-0.15, -0.1) is 0 Å². The van der Waals surface area contributed by atoms with Crippen LogP contribution in [-0.4, -0.2) is 40.8 Å². The summed E-state index contributed by atoms with van der Waals surface area (Å²) >= 11 is 0. The molecular weight excluding hydrogens is 306 g/mol. The summed E-state index contributed by atoms with van der Waals surface area (Å²) in [5.74, 6) is -1.93. The van der Waals surface area contributed by atoms with E-state index in [0.29, 0.717) is 29.7 Å². The van der Waals surface area contributed by atoms with Crippen LogP contribution in [0.5, 0.6) is 0 Å². The molecule has 0 aromatic heterocycles. The van der Waals surface area contributed by atoms with Crippen LogP contribution in [0.15, 0.2) is 54.6 Å². The van der Waals surface area contributed by atoms with E-state index in [0.717, 1.165) is 0 Å². The van der Waals surface area contributed by atoms with Crippen molar-refractivity contribution in [1.29, 1.82) is 0 Å². The summed E-state index contributed by atoms with van der Waals surface area (Å²) in [6, 6.07) is 15.5. The van der Waals surface area contributed by atoms with E-state index >= 15 is 0 Å². The van der Waals surface area contributed by atoms with Gasteiger partial charge in [-0.25, -0.2) is 0 Å². The van der Waals surface area contributed by atoms with Gasteiger partial charge in [0.15, 0.2) is 5.78 Å². The summed E-state index contributed by atoms with van der Waals surface area (Å²) < 4.78 is 0. The van der Waals surface area contributed by atoms with Gasteiger partial charge in [-0.3, -0.25) is 14.4 Å². The fourth-order valence-electron chi connectivity index (χ4n) is 2.93. The number of rotatable bonds is 4. The second-order valence-corrected chi connectivity index (χ2v) is 5.82. The Morgan fingerprint density at radius 3 is 2.17 bits per heavy atom. The predicted molar refractivity (Wildman–Crippen MR) is 88.0 cm³/mol. The molecule has 1 amide bonds. The van der Waals surface area contributed by atoms with Crippen LogP contribution in [0.3, 0.4) is 0 Å². The lowest BCUT2D eigenvalue weighted by Gasteiger charge is -2.17. The number of carbonyl (C=O) groups is 3. The highest BCUT2D eigenvalue weighted by atomic mass is 16.4. The molecule has 1 unspecified atom stereocenters. The highest BCUT2D eigenvalue weighted by molar-refractivity contribution is 6.15. The maximum Gasteiger partial charge on any atom is 0.308 e. The highest BCUT2D eigenvalue weighted by Crippen LogP contribution is 2.22. The molecule has 122 valence electrons. The molecule has 24 heavy (non-hydrogen) atoms. The Morgan fingerprint density at radius 1 is 0.917 bits per heavy atom. The average Bonchev–Trinajstić information content (AvgIpc) is 3.12. The van der Waals surface area contributed by atoms with Crippen molar-refractivity contribution < 1.29 is 19.5 Å². The molecule has 1 aliphatic heterocycles. The summed E-state index contributed by atoms with van der Waals surface area (Å²) in [6.07, 6.45) is 0.440. The topological polar surface area (TPSA) is 74.7 Å². The second-order valence-electron chi connectivity index (χ2n) is 5.82. The molecule has 1 aliphatic rings. The lowest BCUT2D eigenvalue weighted by Crippen LogP contribution is -2.31. The average molecular weight is 323 g/mol. The minimum absolute atomic E-state index is 0.183. The van der Waals surface area contributed by atoms with Crippen LogP contribution in [0.2, 0.25) is 0 Å². The zero-order valence-corrected chi connectivity index (χ0v) is 13.0. The summed E-state index contributed by atoms with van der Waals surface area (Å²) in [7, 11) is 0. The van der Waals surface area contributed by atoms with Crippen molar-refractivity contribution in [3.8, 4) is 0 Å². The van der Waals surface area contributed by atoms with E-state index in [4.69, 9.17) is 5.11 Å². The molecule has 1 saturated heterocycles. The lowest BCUT2D eigenvalue weighted by molar-refractivity contribution is -0.141. The summed E-state index contributed by atoms with van der Waals surface area (Å²) in [5.41, 5.74) is 1.17. The Balaban J connectivity index is 1.88. The van der Waals surface area contributed by atoms with Crippen LogP contribution in [0.1, 0.15) is 32.7 Å². The molecule has 0 aliphatic carbocycles. The zero-order valence-electron chi connectivity index (χ0n) is 13.0. The molecule has 0 radical (unpaired) electrons. The third kappa shape index (κ3) is 3.06. The quantitative estimate of drug-likeness (QED) is 0.877. The van der Waals surface area contributed by atoms with Crippen molar-refractivity contribution >= 4 is 17.7 Å². The van der Waals surface area contributed by atoms with E-state index in [2.05, 4.69) is 0 Å². The van der Waals surface area contributed by atoms with Crippen molar-refractivity contribution in [3.63, 3.8) is 0 Å². The number of ketones is 1. The second kappa shape index (κ2) is 6.66. The predicted octanol–water partition coefficient (Wildman–Crippen LogP) is 2.46. The smallest absolute Gasteiger partial charge is 0.308 e. The Labute approximate surface area is 139 Å². The third-order valence-corrected chi connectivity index (χ3v) is 4.26. The molecule has 5 nitrogen and oxygen atoms in total. The molecule has 0 bridgehead atoms. The minimum Gasteiger partial charge on any atom is -0.481 e. The van der Waals surface area contributed by atoms with Crippen LogP contribution >= 0.6 is 0 Å². The van der Waals surface area contributed by atoms with Crippen LogP contribution in [0, 0.1) is 5.92 Å². The van der Waals surface area contributed by atoms with E-state index in [-0.39, 0.29) is 18.2 Å². The first kappa shape index (κ1) is 15.9. The molecular formula is C19H17NO4. The van der Waals surface area contributed by atoms with E-state index in [1.54, 1.807) is 48.5 Å². The maximum absolute atomic E-state index is 12.8. The Morgan fingerprint density at radius 2 is 1.54 bits per heavy atom. The Kier molecular flexibility index (Phi) is 4.42. The number of hydrogen-bond donors (Lipinski definition) is 1. The molecule has 2 aromatic carbocycles. The summed E-state index contributed by atoms with van der Waals surface area (Å²) in [6.45, 7) is 0.575. The van der Waals surface area contributed by atoms with Gasteiger partial charge >= 0.3 is 5.97 Å². The van der Waals surface area contributed by atoms with Crippen LogP contribution < -0.4 is 0 Å². The first-order valence-corrected chi connectivity index (χ1v) is 7.79. The molecule has 1 heterocycles. The number of likely N-dealkylation sites (tertiary alicyclic amines) is 1. The van der Waals surface area contributed by atoms with Crippen LogP contribution in [0.25, 0.3) is 0 Å². The third-order valence-electron chi connectivity index (χ3n) is 4.26. The molecule has 2 aromatic rings. The van der Waals surface area contributed by atoms with Gasteiger partial charge in [0.25, 0.3) is 5.91 Å². The van der Waals surface area contributed by atoms with Gasteiger partial charge in [0, 0.05) is 24.2 Å². The van der Waals surface area contributed by atoms with E-state index in [9.17, 15) is 14.4 Å². The van der Waals surface area contributed by atoms with Gasteiger partial charge in [0.1, 0.15) is 0 Å². The SMILES string of the molecule is O=C(c1ccccc1)c1ccccc1C(=O)N1CCC(C(=O)O)C1. The largest absolute Gasteiger partial charge is 0.481 e. The number of benzene rings is 2. The highest BCUT2D eigenvalue weighted by Gasteiger charge is 2.32. The van der Waals surface area contributed by atoms with E-state index in [1.807, 2.05) is 6.07 Å². The standard InChI is InChI=1S/C19H17NO4/c21-17(13-6-2-1-3-7-13)15-8-4-5-9-16(15)18(22)20-11-10-14(12-20)19(23)24/h1-9,14H,10-12H2,(H,23,24). The van der Waals surface area contributed by atoms with Gasteiger partial charge in [-0.2, -0.15) is 0 Å². The number of aliphatic carboxylic acids is 1. The number of carbonyl (C=O) groups excluding carboxylic acids is 2. The van der Waals surface area contributed by atoms with Crippen molar-refractivity contribution in [2.24, 2.45) is 5.92 Å². The number of hydrogen-bond acceptors (Lipinski definition) is 3. The van der Waals surface area contributed by atoms with Crippen molar-refractivity contribution in [3.05, 3.63) is 71.3 Å². The molecule has 3 rings (SSSR count). The number of carboxylic acids is 1. The van der Waals surface area contributed by atoms with Gasteiger partial charge in [-0.1, -0.05) is 48.5 Å². The van der Waals surface area contributed by atoms with Crippen molar-refractivity contribution in [2.75, 3.05) is 13.1 Å². The normalized spacial score (nSPS) is 16.8. The number of carboxylic acid groups (broad SMARTS) is 1. The zero-order chi connectivity index (χ0) is 17.1. The molecule has 1 fully saturated rings. The van der Waals surface area contributed by atoms with Crippen LogP contribution in [0.4, 0.5) is 0 Å². The molecule has 0 spiro atoms. The molecule has 0 saturated carbocycles. The summed E-state index contributed by atoms with van der Waals surface area (Å²) in [5, 5.41) is 9.08. The van der Waals surface area contributed by atoms with Gasteiger partial charge < -0.3 is 10.0 Å². The molecule has 5 heteroatoms. The Hall–Kier alpha value is -2.95. The first-order chi connectivity index (χ1) is 11.6. The van der Waals surface area contributed by atoms with Gasteiger partial charge in [-0.05, 0) is 12.5 Å². The van der Waals surface area contributed by atoms with E-state index in [1.165, 1.54) is 4.90 Å². The van der Waals surface area contributed by atoms with Crippen molar-refractivity contribution in [2.45, 2.75) is 6.42 Å². The summed E-state index contributed by atoms with van der Waals surface area (Å²) in [4.78, 5) is 38.0.